The largest absolute Gasteiger partial charge is 0.468 e. The number of nitrogens with one attached hydrogen (secondary N) is 2. The molecule has 0 aliphatic rings. The van der Waals surface area contributed by atoms with E-state index in [1.807, 2.05) is 25.1 Å². The highest BCUT2D eigenvalue weighted by Gasteiger charge is 2.34. The van der Waals surface area contributed by atoms with E-state index in [9.17, 15) is 24.4 Å². The highest BCUT2D eigenvalue weighted by Crippen LogP contribution is 2.23. The molecular weight excluding hydrogens is 428 g/mol. The topological polar surface area (TPSA) is 138 Å². The lowest BCUT2D eigenvalue weighted by Crippen LogP contribution is -2.52. The van der Waals surface area contributed by atoms with Gasteiger partial charge >= 0.3 is 12.1 Å². The van der Waals surface area contributed by atoms with Crippen LogP contribution in [0.15, 0.2) is 24.3 Å². The maximum Gasteiger partial charge on any atom is 0.408 e. The zero-order valence-electron chi connectivity index (χ0n) is 19.9. The van der Waals surface area contributed by atoms with Crippen LogP contribution in [-0.2, 0) is 30.3 Å². The van der Waals surface area contributed by atoms with Gasteiger partial charge in [0.25, 0.3) is 0 Å². The third-order valence-electron chi connectivity index (χ3n) is 4.53. The van der Waals surface area contributed by atoms with Crippen molar-refractivity contribution in [3.8, 4) is 6.07 Å². The molecule has 0 saturated heterocycles. The normalized spacial score (nSPS) is 12.5. The summed E-state index contributed by atoms with van der Waals surface area (Å²) < 4.78 is 9.72. The summed E-state index contributed by atoms with van der Waals surface area (Å²) in [6.45, 7) is 7.63. The quantitative estimate of drug-likeness (QED) is 0.424. The number of esters is 1. The average Bonchev–Trinajstić information content (AvgIpc) is 2.75. The molecule has 0 radical (unpaired) electrons. The van der Waals surface area contributed by atoms with Crippen LogP contribution in [0.5, 0.6) is 0 Å². The summed E-state index contributed by atoms with van der Waals surface area (Å²) in [5.41, 5.74) is 0.699. The Kier molecular flexibility index (Phi) is 10.3. The van der Waals surface area contributed by atoms with Gasteiger partial charge in [-0.05, 0) is 45.2 Å². The Hall–Kier alpha value is -3.61. The Morgan fingerprint density at radius 1 is 1.15 bits per heavy atom. The smallest absolute Gasteiger partial charge is 0.408 e. The number of nitrogens with zero attached hydrogens (tertiary/aromatic N) is 2. The number of hydrogen-bond acceptors (Lipinski definition) is 7. The second-order valence-corrected chi connectivity index (χ2v) is 8.28. The van der Waals surface area contributed by atoms with Crippen molar-refractivity contribution in [2.24, 2.45) is 0 Å². The minimum atomic E-state index is -1.21. The van der Waals surface area contributed by atoms with E-state index >= 15 is 0 Å². The molecule has 1 aromatic carbocycles. The van der Waals surface area contributed by atoms with Gasteiger partial charge < -0.3 is 25.0 Å². The molecule has 0 heterocycles. The number of carbonyl (C=O) groups excluding carboxylic acids is 4. The van der Waals surface area contributed by atoms with Gasteiger partial charge in [0.1, 0.15) is 30.8 Å². The number of nitriles is 1. The van der Waals surface area contributed by atoms with Gasteiger partial charge in [0.2, 0.25) is 11.8 Å². The number of rotatable bonds is 9. The van der Waals surface area contributed by atoms with Gasteiger partial charge in [0, 0.05) is 0 Å². The molecule has 33 heavy (non-hydrogen) atoms. The van der Waals surface area contributed by atoms with Crippen LogP contribution in [0.1, 0.15) is 51.8 Å². The lowest BCUT2D eigenvalue weighted by Gasteiger charge is -2.32. The van der Waals surface area contributed by atoms with Gasteiger partial charge in [-0.25, -0.2) is 4.79 Å². The predicted molar refractivity (Wildman–Crippen MR) is 120 cm³/mol. The van der Waals surface area contributed by atoms with Crippen molar-refractivity contribution in [1.29, 1.82) is 5.26 Å². The van der Waals surface area contributed by atoms with Gasteiger partial charge in [-0.2, -0.15) is 5.26 Å². The summed E-state index contributed by atoms with van der Waals surface area (Å²) in [5, 5.41) is 14.2. The van der Waals surface area contributed by atoms with Gasteiger partial charge in [-0.3, -0.25) is 14.4 Å². The average molecular weight is 461 g/mol. The molecule has 2 N–H and O–H groups in total. The second kappa shape index (κ2) is 12.4. The zero-order valence-corrected chi connectivity index (χ0v) is 19.9. The van der Waals surface area contributed by atoms with Crippen LogP contribution in [0.25, 0.3) is 0 Å². The van der Waals surface area contributed by atoms with E-state index in [1.54, 1.807) is 32.9 Å². The molecule has 0 bridgehead atoms. The molecule has 0 fully saturated rings. The van der Waals surface area contributed by atoms with Crippen molar-refractivity contribution >= 4 is 23.9 Å². The van der Waals surface area contributed by atoms with E-state index in [0.29, 0.717) is 5.56 Å². The first-order valence-electron chi connectivity index (χ1n) is 10.5. The molecule has 1 rings (SSSR count). The Labute approximate surface area is 194 Å². The Morgan fingerprint density at radius 3 is 2.24 bits per heavy atom. The van der Waals surface area contributed by atoms with Crippen LogP contribution in [0.2, 0.25) is 0 Å². The molecule has 0 aliphatic heterocycles. The minimum absolute atomic E-state index is 0.404. The third-order valence-corrected chi connectivity index (χ3v) is 4.53. The zero-order chi connectivity index (χ0) is 25.2. The number of methoxy groups -OCH3 is 1. The first-order valence-corrected chi connectivity index (χ1v) is 10.5. The van der Waals surface area contributed by atoms with Gasteiger partial charge in [0.05, 0.1) is 13.2 Å². The molecule has 180 valence electrons. The molecule has 2 unspecified atom stereocenters. The van der Waals surface area contributed by atoms with E-state index in [-0.39, 0.29) is 0 Å². The first-order chi connectivity index (χ1) is 15.4. The summed E-state index contributed by atoms with van der Waals surface area (Å²) >= 11 is 0. The van der Waals surface area contributed by atoms with Crippen molar-refractivity contribution < 1.29 is 28.7 Å². The molecule has 0 spiro atoms. The fourth-order valence-corrected chi connectivity index (χ4v) is 2.90. The Bertz CT molecular complexity index is 886. The number of ether oxygens (including phenoxy) is 2. The standard InChI is InChI=1S/C23H32N4O6/c1-7-16-8-10-17(11-9-16)19(20(29)25-14-18(28)32-6)27(13-12-24)21(30)15(2)26-22(31)33-23(3,4)5/h8-11,15,19H,7,13-14H2,1-6H3,(H,25,29)(H,26,31). The molecule has 1 aromatic rings. The second-order valence-electron chi connectivity index (χ2n) is 8.28. The van der Waals surface area contributed by atoms with Gasteiger partial charge in [0.15, 0.2) is 0 Å². The SMILES string of the molecule is CCc1ccc(C(C(=O)NCC(=O)OC)N(CC#N)C(=O)C(C)NC(=O)OC(C)(C)C)cc1. The molecule has 2 atom stereocenters. The van der Waals surface area contributed by atoms with Crippen molar-refractivity contribution in [2.45, 2.75) is 58.7 Å². The number of amides is 3. The summed E-state index contributed by atoms with van der Waals surface area (Å²) in [7, 11) is 1.19. The number of alkyl carbamates (subject to hydrolysis) is 1. The van der Waals surface area contributed by atoms with Crippen molar-refractivity contribution in [2.75, 3.05) is 20.2 Å². The fourth-order valence-electron chi connectivity index (χ4n) is 2.90. The summed E-state index contributed by atoms with van der Waals surface area (Å²) in [6.07, 6.45) is -0.0313. The molecule has 0 aromatic heterocycles. The third kappa shape index (κ3) is 8.80. The Balaban J connectivity index is 3.25. The highest BCUT2D eigenvalue weighted by atomic mass is 16.6. The highest BCUT2D eigenvalue weighted by molar-refractivity contribution is 5.93. The lowest BCUT2D eigenvalue weighted by molar-refractivity contribution is -0.144. The molecule has 0 saturated carbocycles. The molecular formula is C23H32N4O6. The molecule has 0 aliphatic carbocycles. The predicted octanol–water partition coefficient (Wildman–Crippen LogP) is 1.84. The molecule has 10 nitrogen and oxygen atoms in total. The van der Waals surface area contributed by atoms with Crippen LogP contribution in [-0.4, -0.2) is 60.6 Å². The van der Waals surface area contributed by atoms with Crippen LogP contribution in [0, 0.1) is 11.3 Å². The van der Waals surface area contributed by atoms with Gasteiger partial charge in [-0.1, -0.05) is 31.2 Å². The number of carbonyl (C=O) groups is 4. The number of benzene rings is 1. The number of hydrogen-bond donors (Lipinski definition) is 2. The van der Waals surface area contributed by atoms with Gasteiger partial charge in [-0.15, -0.1) is 0 Å². The molecule has 10 heteroatoms. The van der Waals surface area contributed by atoms with E-state index in [4.69, 9.17) is 4.74 Å². The van der Waals surface area contributed by atoms with Crippen molar-refractivity contribution in [3.63, 3.8) is 0 Å². The van der Waals surface area contributed by atoms with Crippen LogP contribution in [0.3, 0.4) is 0 Å². The van der Waals surface area contributed by atoms with E-state index in [1.165, 1.54) is 14.0 Å². The summed E-state index contributed by atoms with van der Waals surface area (Å²) in [6, 6.07) is 6.59. The van der Waals surface area contributed by atoms with Crippen LogP contribution < -0.4 is 10.6 Å². The van der Waals surface area contributed by atoms with E-state index in [2.05, 4.69) is 15.4 Å². The summed E-state index contributed by atoms with van der Waals surface area (Å²) in [5.74, 6) is -2.00. The minimum Gasteiger partial charge on any atom is -0.468 e. The van der Waals surface area contributed by atoms with E-state index in [0.717, 1.165) is 16.9 Å². The maximum atomic E-state index is 13.2. The number of aryl methyl sites for hydroxylation is 1. The fraction of sp³-hybridized carbons (Fsp3) is 0.522. The lowest BCUT2D eigenvalue weighted by atomic mass is 10.0. The van der Waals surface area contributed by atoms with Crippen molar-refractivity contribution in [3.05, 3.63) is 35.4 Å². The Morgan fingerprint density at radius 2 is 1.76 bits per heavy atom. The van der Waals surface area contributed by atoms with Crippen LogP contribution >= 0.6 is 0 Å². The maximum absolute atomic E-state index is 13.2. The molecule has 3 amide bonds. The monoisotopic (exact) mass is 460 g/mol. The summed E-state index contributed by atoms with van der Waals surface area (Å²) in [4.78, 5) is 50.9. The van der Waals surface area contributed by atoms with E-state index < -0.39 is 54.7 Å². The van der Waals surface area contributed by atoms with Crippen molar-refractivity contribution in [1.82, 2.24) is 15.5 Å². The van der Waals surface area contributed by atoms with Crippen LogP contribution in [0.4, 0.5) is 4.79 Å². The first kappa shape index (κ1) is 27.4.